The number of aliphatic hydroxyl groups is 1. The molecule has 132 valence electrons. The fourth-order valence-electron chi connectivity index (χ4n) is 5.15. The number of aliphatic hydroxyl groups excluding tert-OH is 1. The first kappa shape index (κ1) is 17.8. The molecule has 0 saturated heterocycles. The quantitative estimate of drug-likeness (QED) is 0.800. The van der Waals surface area contributed by atoms with Crippen molar-refractivity contribution in [2.45, 2.75) is 52.1 Å². The van der Waals surface area contributed by atoms with Gasteiger partial charge in [0.05, 0.1) is 23.3 Å². The summed E-state index contributed by atoms with van der Waals surface area (Å²) < 4.78 is 5.55. The minimum absolute atomic E-state index is 0.161. The molecule has 1 N–H and O–H groups in total. The van der Waals surface area contributed by atoms with Gasteiger partial charge in [0, 0.05) is 0 Å². The van der Waals surface area contributed by atoms with Crippen LogP contribution >= 0.6 is 11.6 Å². The number of fused-ring (bicyclic) bond motifs is 1. The SMILES string of the molecule is C[C@H](COC(=O)c1ccccc1Cl)[C@H]1CC[C@H]2[C@@H](O)CCC[C@]12C. The summed E-state index contributed by atoms with van der Waals surface area (Å²) in [6.45, 7) is 4.90. The topological polar surface area (TPSA) is 46.5 Å². The van der Waals surface area contributed by atoms with Gasteiger partial charge in [0.25, 0.3) is 0 Å². The smallest absolute Gasteiger partial charge is 0.339 e. The van der Waals surface area contributed by atoms with Crippen molar-refractivity contribution < 1.29 is 14.6 Å². The summed E-state index contributed by atoms with van der Waals surface area (Å²) in [6.07, 6.45) is 5.24. The Hall–Kier alpha value is -1.06. The standard InChI is InChI=1S/C20H27ClO3/c1-13(12-24-19(23)14-6-3-4-7-17(14)21)15-9-10-16-18(22)8-5-11-20(15,16)2/h3-4,6-7,13,15-16,18,22H,5,8-12H2,1-2H3/t13-,15-,16+,18+,20-/m1/s1. The Labute approximate surface area is 149 Å². The minimum Gasteiger partial charge on any atom is -0.462 e. The number of ether oxygens (including phenoxy) is 1. The first-order valence-corrected chi connectivity index (χ1v) is 9.41. The average Bonchev–Trinajstić information content (AvgIpc) is 2.91. The predicted octanol–water partition coefficient (Wildman–Crippen LogP) is 4.71. The summed E-state index contributed by atoms with van der Waals surface area (Å²) in [5, 5.41) is 10.8. The zero-order valence-electron chi connectivity index (χ0n) is 14.5. The number of hydrogen-bond donors (Lipinski definition) is 1. The lowest BCUT2D eigenvalue weighted by Crippen LogP contribution is -2.42. The van der Waals surface area contributed by atoms with E-state index < -0.39 is 0 Å². The number of hydrogen-bond acceptors (Lipinski definition) is 3. The van der Waals surface area contributed by atoms with Crippen molar-refractivity contribution in [3.05, 3.63) is 34.9 Å². The molecule has 2 aliphatic rings. The molecule has 0 amide bonds. The van der Waals surface area contributed by atoms with Crippen molar-refractivity contribution in [3.63, 3.8) is 0 Å². The second kappa shape index (κ2) is 7.05. The van der Waals surface area contributed by atoms with Crippen LogP contribution in [0.1, 0.15) is 56.3 Å². The number of rotatable bonds is 4. The molecule has 0 spiro atoms. The Kier molecular flexibility index (Phi) is 5.22. The molecular formula is C20H27ClO3. The molecular weight excluding hydrogens is 324 g/mol. The average molecular weight is 351 g/mol. The lowest BCUT2D eigenvalue weighted by atomic mass is 9.62. The highest BCUT2D eigenvalue weighted by molar-refractivity contribution is 6.33. The molecule has 5 atom stereocenters. The fraction of sp³-hybridized carbons (Fsp3) is 0.650. The number of carbonyl (C=O) groups is 1. The van der Waals surface area contributed by atoms with Gasteiger partial charge in [-0.2, -0.15) is 0 Å². The van der Waals surface area contributed by atoms with E-state index in [1.165, 1.54) is 6.42 Å². The molecule has 0 bridgehead atoms. The summed E-state index contributed by atoms with van der Waals surface area (Å²) in [4.78, 5) is 12.3. The number of carbonyl (C=O) groups excluding carboxylic acids is 1. The van der Waals surface area contributed by atoms with Crippen molar-refractivity contribution in [1.82, 2.24) is 0 Å². The molecule has 1 aromatic carbocycles. The number of esters is 1. The van der Waals surface area contributed by atoms with Gasteiger partial charge in [-0.3, -0.25) is 0 Å². The van der Waals surface area contributed by atoms with Crippen LogP contribution in [-0.2, 0) is 4.74 Å². The van der Waals surface area contributed by atoms with Crippen LogP contribution in [0.2, 0.25) is 5.02 Å². The summed E-state index contributed by atoms with van der Waals surface area (Å²) >= 11 is 6.06. The lowest BCUT2D eigenvalue weighted by Gasteiger charge is -2.45. The molecule has 0 heterocycles. The van der Waals surface area contributed by atoms with E-state index in [0.29, 0.717) is 29.0 Å². The van der Waals surface area contributed by atoms with Crippen molar-refractivity contribution in [1.29, 1.82) is 0 Å². The highest BCUT2D eigenvalue weighted by Gasteiger charge is 2.52. The van der Waals surface area contributed by atoms with Crippen LogP contribution in [0.15, 0.2) is 24.3 Å². The third kappa shape index (κ3) is 3.21. The summed E-state index contributed by atoms with van der Waals surface area (Å²) in [6, 6.07) is 6.99. The summed E-state index contributed by atoms with van der Waals surface area (Å²) in [5.74, 6) is 0.835. The molecule has 2 saturated carbocycles. The molecule has 3 nitrogen and oxygen atoms in total. The second-order valence-electron chi connectivity index (χ2n) is 7.81. The highest BCUT2D eigenvalue weighted by Crippen LogP contribution is 2.57. The monoisotopic (exact) mass is 350 g/mol. The van der Waals surface area contributed by atoms with Crippen LogP contribution in [0.25, 0.3) is 0 Å². The maximum Gasteiger partial charge on any atom is 0.339 e. The fourth-order valence-corrected chi connectivity index (χ4v) is 5.36. The zero-order valence-corrected chi connectivity index (χ0v) is 15.3. The van der Waals surface area contributed by atoms with E-state index in [4.69, 9.17) is 16.3 Å². The molecule has 0 aliphatic heterocycles. The van der Waals surface area contributed by atoms with Gasteiger partial charge in [-0.1, -0.05) is 44.0 Å². The van der Waals surface area contributed by atoms with Gasteiger partial charge in [0.15, 0.2) is 0 Å². The first-order valence-electron chi connectivity index (χ1n) is 9.03. The van der Waals surface area contributed by atoms with Gasteiger partial charge in [0.1, 0.15) is 0 Å². The lowest BCUT2D eigenvalue weighted by molar-refractivity contribution is -0.0346. The molecule has 0 aromatic heterocycles. The highest BCUT2D eigenvalue weighted by atomic mass is 35.5. The Morgan fingerprint density at radius 2 is 2.12 bits per heavy atom. The zero-order chi connectivity index (χ0) is 17.3. The Morgan fingerprint density at radius 3 is 2.88 bits per heavy atom. The normalized spacial score (nSPS) is 33.8. The summed E-state index contributed by atoms with van der Waals surface area (Å²) in [7, 11) is 0. The molecule has 4 heteroatoms. The molecule has 2 fully saturated rings. The van der Waals surface area contributed by atoms with Crippen LogP contribution in [0.3, 0.4) is 0 Å². The predicted molar refractivity (Wildman–Crippen MR) is 95.1 cm³/mol. The van der Waals surface area contributed by atoms with E-state index in [0.717, 1.165) is 25.7 Å². The van der Waals surface area contributed by atoms with E-state index in [1.54, 1.807) is 24.3 Å². The molecule has 3 rings (SSSR count). The van der Waals surface area contributed by atoms with Crippen molar-refractivity contribution in [2.24, 2.45) is 23.2 Å². The van der Waals surface area contributed by atoms with E-state index in [2.05, 4.69) is 13.8 Å². The van der Waals surface area contributed by atoms with Gasteiger partial charge >= 0.3 is 5.97 Å². The van der Waals surface area contributed by atoms with Crippen LogP contribution in [0.4, 0.5) is 0 Å². The van der Waals surface area contributed by atoms with E-state index in [-0.39, 0.29) is 23.4 Å². The van der Waals surface area contributed by atoms with E-state index in [9.17, 15) is 9.90 Å². The van der Waals surface area contributed by atoms with Gasteiger partial charge in [-0.05, 0) is 61.0 Å². The van der Waals surface area contributed by atoms with Crippen LogP contribution in [-0.4, -0.2) is 23.8 Å². The summed E-state index contributed by atoms with van der Waals surface area (Å²) in [5.41, 5.74) is 0.600. The van der Waals surface area contributed by atoms with Crippen molar-refractivity contribution >= 4 is 17.6 Å². The molecule has 2 aliphatic carbocycles. The first-order chi connectivity index (χ1) is 11.4. The minimum atomic E-state index is -0.351. The maximum absolute atomic E-state index is 12.3. The van der Waals surface area contributed by atoms with Gasteiger partial charge in [-0.25, -0.2) is 4.79 Å². The van der Waals surface area contributed by atoms with Crippen molar-refractivity contribution in [2.75, 3.05) is 6.61 Å². The van der Waals surface area contributed by atoms with Crippen LogP contribution in [0, 0.1) is 23.2 Å². The Balaban J connectivity index is 1.62. The third-order valence-corrected chi connectivity index (χ3v) is 6.75. The third-order valence-electron chi connectivity index (χ3n) is 6.42. The van der Waals surface area contributed by atoms with E-state index >= 15 is 0 Å². The van der Waals surface area contributed by atoms with Crippen LogP contribution in [0.5, 0.6) is 0 Å². The van der Waals surface area contributed by atoms with Crippen molar-refractivity contribution in [3.8, 4) is 0 Å². The second-order valence-corrected chi connectivity index (χ2v) is 8.22. The largest absolute Gasteiger partial charge is 0.462 e. The van der Waals surface area contributed by atoms with E-state index in [1.807, 2.05) is 0 Å². The Bertz CT molecular complexity index is 602. The van der Waals surface area contributed by atoms with Gasteiger partial charge in [0.2, 0.25) is 0 Å². The van der Waals surface area contributed by atoms with Gasteiger partial charge in [-0.15, -0.1) is 0 Å². The Morgan fingerprint density at radius 1 is 1.38 bits per heavy atom. The molecule has 24 heavy (non-hydrogen) atoms. The number of benzene rings is 1. The van der Waals surface area contributed by atoms with Crippen LogP contribution < -0.4 is 0 Å². The molecule has 1 aromatic rings. The number of halogens is 1. The molecule has 0 unspecified atom stereocenters. The maximum atomic E-state index is 12.3. The molecule has 0 radical (unpaired) electrons. The van der Waals surface area contributed by atoms with Gasteiger partial charge < -0.3 is 9.84 Å².